The Balaban J connectivity index is 2.62. The van der Waals surface area contributed by atoms with Gasteiger partial charge in [-0.15, -0.1) is 0 Å². The van der Waals surface area contributed by atoms with Crippen molar-refractivity contribution in [3.63, 3.8) is 0 Å². The summed E-state index contributed by atoms with van der Waals surface area (Å²) < 4.78 is 0. The largest absolute Gasteiger partial charge is 0.298 e. The molecule has 0 amide bonds. The molecule has 0 radical (unpaired) electrons. The van der Waals surface area contributed by atoms with E-state index in [1.165, 1.54) is 6.92 Å². The van der Waals surface area contributed by atoms with Crippen LogP contribution in [0.1, 0.15) is 12.5 Å². The van der Waals surface area contributed by atoms with Gasteiger partial charge in [0.1, 0.15) is 5.78 Å². The average Bonchev–Trinajstić information content (AvgIpc) is 2.15. The molecule has 3 nitrogen and oxygen atoms in total. The number of hydrazine groups is 1. The van der Waals surface area contributed by atoms with Gasteiger partial charge in [0.25, 0.3) is 0 Å². The fourth-order valence-electron chi connectivity index (χ4n) is 1.17. The first-order valence-electron chi connectivity index (χ1n) is 4.24. The summed E-state index contributed by atoms with van der Waals surface area (Å²) in [6, 6.07) is 9.52. The second kappa shape index (κ2) is 4.74. The van der Waals surface area contributed by atoms with Crippen LogP contribution in [-0.4, -0.2) is 11.8 Å². The van der Waals surface area contributed by atoms with Gasteiger partial charge in [-0.1, -0.05) is 30.3 Å². The maximum atomic E-state index is 11.0. The molecule has 1 rings (SSSR count). The van der Waals surface area contributed by atoms with Gasteiger partial charge in [0.15, 0.2) is 0 Å². The Bertz CT molecular complexity index is 272. The lowest BCUT2D eigenvalue weighted by Crippen LogP contribution is -2.41. The van der Waals surface area contributed by atoms with E-state index in [0.29, 0.717) is 6.42 Å². The van der Waals surface area contributed by atoms with E-state index >= 15 is 0 Å². The Kier molecular flexibility index (Phi) is 3.61. The number of carbonyl (C=O) groups is 1. The van der Waals surface area contributed by atoms with Crippen LogP contribution in [0.5, 0.6) is 0 Å². The molecule has 0 unspecified atom stereocenters. The fraction of sp³-hybridized carbons (Fsp3) is 0.300. The van der Waals surface area contributed by atoms with Crippen LogP contribution in [0.4, 0.5) is 0 Å². The first kappa shape index (κ1) is 9.89. The summed E-state index contributed by atoms with van der Waals surface area (Å²) in [5, 5.41) is 0. The highest BCUT2D eigenvalue weighted by molar-refractivity contribution is 5.81. The third-order valence-corrected chi connectivity index (χ3v) is 1.97. The van der Waals surface area contributed by atoms with E-state index in [-0.39, 0.29) is 11.8 Å². The fourth-order valence-corrected chi connectivity index (χ4v) is 1.17. The predicted octanol–water partition coefficient (Wildman–Crippen LogP) is 0.650. The van der Waals surface area contributed by atoms with Crippen LogP contribution >= 0.6 is 0 Å². The van der Waals surface area contributed by atoms with Gasteiger partial charge in [-0.2, -0.15) is 0 Å². The Morgan fingerprint density at radius 1 is 1.46 bits per heavy atom. The molecular weight excluding hydrogens is 164 g/mol. The van der Waals surface area contributed by atoms with Gasteiger partial charge in [-0.05, 0) is 18.9 Å². The summed E-state index contributed by atoms with van der Waals surface area (Å²) in [6.45, 7) is 1.54. The molecule has 3 N–H and O–H groups in total. The number of nitrogens with two attached hydrogens (primary N) is 1. The minimum absolute atomic E-state index is 0.0614. The molecule has 0 aromatic heterocycles. The van der Waals surface area contributed by atoms with E-state index in [2.05, 4.69) is 5.43 Å². The summed E-state index contributed by atoms with van der Waals surface area (Å²) in [5.41, 5.74) is 3.61. The van der Waals surface area contributed by atoms with Gasteiger partial charge in [-0.25, -0.2) is 5.43 Å². The third kappa shape index (κ3) is 2.97. The molecule has 13 heavy (non-hydrogen) atoms. The number of hydrogen-bond donors (Lipinski definition) is 2. The molecule has 1 atom stereocenters. The summed E-state index contributed by atoms with van der Waals surface area (Å²) in [7, 11) is 0. The average molecular weight is 178 g/mol. The lowest BCUT2D eigenvalue weighted by Gasteiger charge is -2.11. The Morgan fingerprint density at radius 3 is 2.54 bits per heavy atom. The van der Waals surface area contributed by atoms with Crippen LogP contribution in [0.15, 0.2) is 30.3 Å². The highest BCUT2D eigenvalue weighted by Crippen LogP contribution is 2.02. The lowest BCUT2D eigenvalue weighted by atomic mass is 10.0. The summed E-state index contributed by atoms with van der Waals surface area (Å²) >= 11 is 0. The number of ketones is 1. The van der Waals surface area contributed by atoms with Crippen LogP contribution in [0, 0.1) is 0 Å². The molecule has 3 heteroatoms. The lowest BCUT2D eigenvalue weighted by molar-refractivity contribution is -0.118. The number of Topliss-reactive ketones (excluding diaryl/α,β-unsaturated/α-hetero) is 1. The van der Waals surface area contributed by atoms with E-state index < -0.39 is 0 Å². The summed E-state index contributed by atoms with van der Waals surface area (Å²) in [5.74, 6) is 5.31. The SMILES string of the molecule is CC(=O)[C@H](Cc1ccccc1)NN. The predicted molar refractivity (Wildman–Crippen MR) is 51.9 cm³/mol. The molecule has 0 aliphatic carbocycles. The smallest absolute Gasteiger partial charge is 0.148 e. The zero-order valence-electron chi connectivity index (χ0n) is 7.66. The van der Waals surface area contributed by atoms with E-state index in [4.69, 9.17) is 5.84 Å². The Labute approximate surface area is 77.9 Å². The molecule has 1 aromatic carbocycles. The maximum Gasteiger partial charge on any atom is 0.148 e. The number of nitrogens with one attached hydrogen (secondary N) is 1. The molecule has 1 aromatic rings. The van der Waals surface area contributed by atoms with Gasteiger partial charge in [0, 0.05) is 0 Å². The monoisotopic (exact) mass is 178 g/mol. The number of rotatable bonds is 4. The van der Waals surface area contributed by atoms with Gasteiger partial charge in [-0.3, -0.25) is 10.6 Å². The van der Waals surface area contributed by atoms with Crippen molar-refractivity contribution in [2.75, 3.05) is 0 Å². The normalized spacial score (nSPS) is 12.5. The molecule has 0 fully saturated rings. The maximum absolute atomic E-state index is 11.0. The molecule has 0 heterocycles. The quantitative estimate of drug-likeness (QED) is 0.525. The molecule has 0 aliphatic rings. The van der Waals surface area contributed by atoms with Crippen molar-refractivity contribution < 1.29 is 4.79 Å². The van der Waals surface area contributed by atoms with Crippen LogP contribution in [0.3, 0.4) is 0 Å². The Hall–Kier alpha value is -1.19. The first-order chi connectivity index (χ1) is 6.24. The number of carbonyl (C=O) groups excluding carboxylic acids is 1. The van der Waals surface area contributed by atoms with E-state index in [1.807, 2.05) is 30.3 Å². The Morgan fingerprint density at radius 2 is 2.08 bits per heavy atom. The zero-order valence-corrected chi connectivity index (χ0v) is 7.66. The molecule has 0 spiro atoms. The second-order valence-corrected chi connectivity index (χ2v) is 3.02. The highest BCUT2D eigenvalue weighted by atomic mass is 16.1. The van der Waals surface area contributed by atoms with E-state index in [9.17, 15) is 4.79 Å². The highest BCUT2D eigenvalue weighted by Gasteiger charge is 2.11. The van der Waals surface area contributed by atoms with Crippen molar-refractivity contribution in [1.29, 1.82) is 0 Å². The van der Waals surface area contributed by atoms with Crippen molar-refractivity contribution in [2.24, 2.45) is 5.84 Å². The molecular formula is C10H14N2O. The summed E-state index contributed by atoms with van der Waals surface area (Å²) in [6.07, 6.45) is 0.646. The van der Waals surface area contributed by atoms with Gasteiger partial charge in [0.05, 0.1) is 6.04 Å². The minimum Gasteiger partial charge on any atom is -0.298 e. The van der Waals surface area contributed by atoms with Gasteiger partial charge in [0.2, 0.25) is 0 Å². The standard InChI is InChI=1S/C10H14N2O/c1-8(13)10(12-11)7-9-5-3-2-4-6-9/h2-6,10,12H,7,11H2,1H3/t10-/m0/s1. The molecule has 0 saturated heterocycles. The first-order valence-corrected chi connectivity index (χ1v) is 4.24. The third-order valence-electron chi connectivity index (χ3n) is 1.97. The van der Waals surface area contributed by atoms with Crippen molar-refractivity contribution in [1.82, 2.24) is 5.43 Å². The molecule has 0 bridgehead atoms. The second-order valence-electron chi connectivity index (χ2n) is 3.02. The van der Waals surface area contributed by atoms with Gasteiger partial charge < -0.3 is 0 Å². The van der Waals surface area contributed by atoms with Crippen molar-refractivity contribution in [2.45, 2.75) is 19.4 Å². The van der Waals surface area contributed by atoms with Crippen LogP contribution in [-0.2, 0) is 11.2 Å². The molecule has 0 aliphatic heterocycles. The van der Waals surface area contributed by atoms with Crippen LogP contribution < -0.4 is 11.3 Å². The van der Waals surface area contributed by atoms with Crippen LogP contribution in [0.2, 0.25) is 0 Å². The number of benzene rings is 1. The van der Waals surface area contributed by atoms with Crippen molar-refractivity contribution >= 4 is 5.78 Å². The van der Waals surface area contributed by atoms with Crippen molar-refractivity contribution in [3.05, 3.63) is 35.9 Å². The molecule has 70 valence electrons. The minimum atomic E-state index is -0.276. The van der Waals surface area contributed by atoms with Crippen molar-refractivity contribution in [3.8, 4) is 0 Å². The zero-order chi connectivity index (χ0) is 9.68. The van der Waals surface area contributed by atoms with E-state index in [1.54, 1.807) is 0 Å². The van der Waals surface area contributed by atoms with Gasteiger partial charge >= 0.3 is 0 Å². The van der Waals surface area contributed by atoms with Crippen LogP contribution in [0.25, 0.3) is 0 Å². The topological polar surface area (TPSA) is 55.1 Å². The number of hydrogen-bond acceptors (Lipinski definition) is 3. The molecule has 0 saturated carbocycles. The summed E-state index contributed by atoms with van der Waals surface area (Å²) in [4.78, 5) is 11.0. The van der Waals surface area contributed by atoms with E-state index in [0.717, 1.165) is 5.56 Å².